The van der Waals surface area contributed by atoms with Crippen LogP contribution < -0.4 is 11.1 Å². The largest absolute Gasteiger partial charge is 0.377 e. The summed E-state index contributed by atoms with van der Waals surface area (Å²) in [6, 6.07) is 0.176. The Morgan fingerprint density at radius 3 is 2.70 bits per heavy atom. The van der Waals surface area contributed by atoms with E-state index in [1.807, 2.05) is 0 Å². The summed E-state index contributed by atoms with van der Waals surface area (Å²) in [5.74, 6) is 0.800. The van der Waals surface area contributed by atoms with Gasteiger partial charge in [0, 0.05) is 24.0 Å². The van der Waals surface area contributed by atoms with Crippen molar-refractivity contribution in [3.05, 3.63) is 0 Å². The van der Waals surface area contributed by atoms with E-state index >= 15 is 0 Å². The monoisotopic (exact) mass is 282 g/mol. The number of hydrogen-bond donors (Lipinski definition) is 2. The number of rotatable bonds is 5. The maximum Gasteiger partial charge on any atom is 0.241 e. The molecule has 4 heteroatoms. The number of nitrogens with two attached hydrogens (primary N) is 1. The third-order valence-corrected chi connectivity index (χ3v) is 5.66. The van der Waals surface area contributed by atoms with Crippen LogP contribution in [-0.2, 0) is 9.53 Å². The zero-order valence-corrected chi connectivity index (χ0v) is 13.5. The van der Waals surface area contributed by atoms with Crippen molar-refractivity contribution in [1.29, 1.82) is 0 Å². The molecule has 1 heterocycles. The number of carbonyl (C=O) groups excluding carboxylic acids is 1. The lowest BCUT2D eigenvalue weighted by atomic mass is 9.48. The SMILES string of the molecule is CCC(C)CC(C)NC(=O)C1(N)C2CCOC2C1(C)C. The summed E-state index contributed by atoms with van der Waals surface area (Å²) < 4.78 is 5.74. The van der Waals surface area contributed by atoms with Crippen LogP contribution in [0, 0.1) is 17.3 Å². The lowest BCUT2D eigenvalue weighted by Gasteiger charge is -2.60. The molecule has 1 aliphatic carbocycles. The molecule has 1 amide bonds. The van der Waals surface area contributed by atoms with Gasteiger partial charge in [-0.3, -0.25) is 4.79 Å². The zero-order chi connectivity index (χ0) is 15.1. The Morgan fingerprint density at radius 1 is 1.45 bits per heavy atom. The number of hydrogen-bond acceptors (Lipinski definition) is 3. The zero-order valence-electron chi connectivity index (χ0n) is 13.5. The number of amides is 1. The van der Waals surface area contributed by atoms with E-state index in [1.54, 1.807) is 0 Å². The maximum atomic E-state index is 12.7. The van der Waals surface area contributed by atoms with Crippen molar-refractivity contribution in [3.63, 3.8) is 0 Å². The minimum atomic E-state index is -0.780. The molecule has 20 heavy (non-hydrogen) atoms. The fourth-order valence-electron chi connectivity index (χ4n) is 4.02. The molecule has 0 bridgehead atoms. The molecule has 0 aromatic carbocycles. The molecule has 2 fully saturated rings. The van der Waals surface area contributed by atoms with Crippen LogP contribution in [0.4, 0.5) is 0 Å². The average molecular weight is 282 g/mol. The van der Waals surface area contributed by atoms with Gasteiger partial charge in [-0.15, -0.1) is 0 Å². The molecule has 1 saturated carbocycles. The molecule has 0 radical (unpaired) electrons. The molecule has 2 aliphatic rings. The smallest absolute Gasteiger partial charge is 0.241 e. The quantitative estimate of drug-likeness (QED) is 0.811. The van der Waals surface area contributed by atoms with Crippen molar-refractivity contribution in [2.75, 3.05) is 6.61 Å². The summed E-state index contributed by atoms with van der Waals surface area (Å²) >= 11 is 0. The molecule has 0 aromatic rings. The lowest BCUT2D eigenvalue weighted by Crippen LogP contribution is -2.80. The minimum Gasteiger partial charge on any atom is -0.377 e. The highest BCUT2D eigenvalue weighted by Crippen LogP contribution is 2.58. The van der Waals surface area contributed by atoms with Gasteiger partial charge in [0.15, 0.2) is 0 Å². The summed E-state index contributed by atoms with van der Waals surface area (Å²) in [5.41, 5.74) is 5.47. The molecule has 2 rings (SSSR count). The molecular formula is C16H30N2O2. The Hall–Kier alpha value is -0.610. The fourth-order valence-corrected chi connectivity index (χ4v) is 4.02. The summed E-state index contributed by atoms with van der Waals surface area (Å²) in [4.78, 5) is 12.7. The molecule has 0 spiro atoms. The van der Waals surface area contributed by atoms with Gasteiger partial charge in [0.1, 0.15) is 5.54 Å². The van der Waals surface area contributed by atoms with E-state index in [2.05, 4.69) is 39.9 Å². The van der Waals surface area contributed by atoms with Crippen LogP contribution in [0.3, 0.4) is 0 Å². The topological polar surface area (TPSA) is 64.4 Å². The molecule has 3 N–H and O–H groups in total. The van der Waals surface area contributed by atoms with Gasteiger partial charge in [-0.25, -0.2) is 0 Å². The Bertz CT molecular complexity index is 383. The molecule has 0 aromatic heterocycles. The number of fused-ring (bicyclic) bond motifs is 1. The Kier molecular flexibility index (Phi) is 4.18. The van der Waals surface area contributed by atoms with E-state index in [0.29, 0.717) is 5.92 Å². The normalized spacial score (nSPS) is 37.7. The third-order valence-electron chi connectivity index (χ3n) is 5.66. The second kappa shape index (κ2) is 5.30. The Labute approximate surface area is 122 Å². The standard InChI is InChI=1S/C16H30N2O2/c1-6-10(2)9-11(3)18-14(19)16(17)12-7-8-20-13(12)15(16,4)5/h10-13H,6-9,17H2,1-5H3,(H,18,19). The van der Waals surface area contributed by atoms with Crippen LogP contribution in [0.2, 0.25) is 0 Å². The van der Waals surface area contributed by atoms with Crippen molar-refractivity contribution < 1.29 is 9.53 Å². The van der Waals surface area contributed by atoms with Gasteiger partial charge in [0.05, 0.1) is 6.10 Å². The van der Waals surface area contributed by atoms with Gasteiger partial charge in [0.25, 0.3) is 0 Å². The van der Waals surface area contributed by atoms with Crippen molar-refractivity contribution in [2.24, 2.45) is 23.0 Å². The summed E-state index contributed by atoms with van der Waals surface area (Å²) in [5, 5.41) is 3.14. The van der Waals surface area contributed by atoms with Crippen LogP contribution in [-0.4, -0.2) is 30.2 Å². The van der Waals surface area contributed by atoms with Crippen molar-refractivity contribution in [1.82, 2.24) is 5.32 Å². The van der Waals surface area contributed by atoms with Gasteiger partial charge >= 0.3 is 0 Å². The predicted octanol–water partition coefficient (Wildman–Crippen LogP) is 2.07. The van der Waals surface area contributed by atoms with Crippen LogP contribution >= 0.6 is 0 Å². The van der Waals surface area contributed by atoms with Crippen LogP contribution in [0.1, 0.15) is 53.9 Å². The number of carbonyl (C=O) groups is 1. The van der Waals surface area contributed by atoms with Gasteiger partial charge in [-0.2, -0.15) is 0 Å². The molecule has 116 valence electrons. The minimum absolute atomic E-state index is 0.00468. The van der Waals surface area contributed by atoms with Crippen LogP contribution in [0.25, 0.3) is 0 Å². The molecule has 4 nitrogen and oxygen atoms in total. The van der Waals surface area contributed by atoms with E-state index in [1.165, 1.54) is 0 Å². The van der Waals surface area contributed by atoms with E-state index in [4.69, 9.17) is 10.5 Å². The lowest BCUT2D eigenvalue weighted by molar-refractivity contribution is -0.176. The van der Waals surface area contributed by atoms with Gasteiger partial charge < -0.3 is 15.8 Å². The van der Waals surface area contributed by atoms with Crippen molar-refractivity contribution in [3.8, 4) is 0 Å². The number of nitrogens with one attached hydrogen (secondary N) is 1. The predicted molar refractivity (Wildman–Crippen MR) is 80.2 cm³/mol. The first kappa shape index (κ1) is 15.8. The summed E-state index contributed by atoms with van der Waals surface area (Å²) in [6.07, 6.45) is 3.18. The molecule has 5 unspecified atom stereocenters. The van der Waals surface area contributed by atoms with Gasteiger partial charge in [-0.05, 0) is 25.7 Å². The number of ether oxygens (including phenoxy) is 1. The third kappa shape index (κ3) is 2.17. The first-order valence-corrected chi connectivity index (χ1v) is 7.96. The summed E-state index contributed by atoms with van der Waals surface area (Å²) in [7, 11) is 0. The summed E-state index contributed by atoms with van der Waals surface area (Å²) in [6.45, 7) is 11.3. The van der Waals surface area contributed by atoms with Crippen LogP contribution in [0.15, 0.2) is 0 Å². The van der Waals surface area contributed by atoms with E-state index in [9.17, 15) is 4.79 Å². The fraction of sp³-hybridized carbons (Fsp3) is 0.938. The molecule has 5 atom stereocenters. The molecular weight excluding hydrogens is 252 g/mol. The van der Waals surface area contributed by atoms with Crippen molar-refractivity contribution in [2.45, 2.75) is 71.6 Å². The Balaban J connectivity index is 2.01. The Morgan fingerprint density at radius 2 is 2.10 bits per heavy atom. The second-order valence-electron chi connectivity index (χ2n) is 7.40. The highest BCUT2D eigenvalue weighted by atomic mass is 16.5. The van der Waals surface area contributed by atoms with Crippen molar-refractivity contribution >= 4 is 5.91 Å². The van der Waals surface area contributed by atoms with Gasteiger partial charge in [0.2, 0.25) is 5.91 Å². The highest BCUT2D eigenvalue weighted by Gasteiger charge is 2.71. The van der Waals surface area contributed by atoms with E-state index in [0.717, 1.165) is 25.9 Å². The first-order valence-electron chi connectivity index (χ1n) is 7.96. The molecule has 1 saturated heterocycles. The van der Waals surface area contributed by atoms with E-state index in [-0.39, 0.29) is 29.4 Å². The first-order chi connectivity index (χ1) is 9.25. The highest BCUT2D eigenvalue weighted by molar-refractivity contribution is 5.89. The van der Waals surface area contributed by atoms with Crippen LogP contribution in [0.5, 0.6) is 0 Å². The second-order valence-corrected chi connectivity index (χ2v) is 7.40. The maximum absolute atomic E-state index is 12.7. The van der Waals surface area contributed by atoms with E-state index < -0.39 is 5.54 Å². The van der Waals surface area contributed by atoms with Gasteiger partial charge in [-0.1, -0.05) is 34.1 Å². The average Bonchev–Trinajstić information content (AvgIpc) is 2.85. The molecule has 1 aliphatic heterocycles.